The van der Waals surface area contributed by atoms with Gasteiger partial charge in [0, 0.05) is 46.7 Å². The van der Waals surface area contributed by atoms with E-state index in [0.717, 1.165) is 16.8 Å². The fourth-order valence-electron chi connectivity index (χ4n) is 10.4. The standard InChI is InChI=1S/C67H87FN6O15/c1-12-13-25-51-62(80)70-50(36-43-28-30-45-21-14-15-22-46(45)34-43)63(81)73(9)53(40-88-66(2,3)4)61(79)69-39-56(75)71(7)32-18-17-27-58(77)87-42-67(5,6)60(78)64(82)74-33-19-16-26-52(74)65(83)89-54(31-29-44-35-49(68)59(85-11)55(37-44)84-10)47-23-20-24-48(38-47)86-41-57(76)72(51)8/h14-15,17,20-24,27-28,30,34-35,37-38,50-54H,12-13,16,18-19,25-26,29,31-33,36,39-42H2,1-11H3,(H,69,79)(H,70,80)/b27-17+/t50-,51-,52-,53-,54+/m0/s1. The summed E-state index contributed by atoms with van der Waals surface area (Å²) >= 11 is 0. The van der Waals surface area contributed by atoms with Crippen molar-refractivity contribution < 1.29 is 76.0 Å². The molecule has 4 aromatic rings. The Bertz CT molecular complexity index is 3220. The molecule has 2 aliphatic heterocycles. The highest BCUT2D eigenvalue weighted by molar-refractivity contribution is 6.38. The first kappa shape index (κ1) is 69.7. The molecule has 89 heavy (non-hydrogen) atoms. The van der Waals surface area contributed by atoms with Crippen LogP contribution in [0.2, 0.25) is 0 Å². The summed E-state index contributed by atoms with van der Waals surface area (Å²) in [5.74, 6) is -7.02. The summed E-state index contributed by atoms with van der Waals surface area (Å²) in [7, 11) is 7.09. The highest BCUT2D eigenvalue weighted by Crippen LogP contribution is 2.35. The average Bonchev–Trinajstić information content (AvgIpc) is 2.34. The smallest absolute Gasteiger partial charge is 0.330 e. The summed E-state index contributed by atoms with van der Waals surface area (Å²) in [6.07, 6.45) is 4.49. The van der Waals surface area contributed by atoms with Crippen LogP contribution < -0.4 is 24.8 Å². The zero-order chi connectivity index (χ0) is 65.2. The SMILES string of the molecule is CCCC[C@H]1C(=O)N[C@@H](Cc2ccc3ccccc3c2)C(=O)N(C)[C@@H](COC(C)(C)C)C(=O)NCC(=O)N(C)CC/C=C/C(=O)OCC(C)(C)C(=O)C(=O)N2CCCC[C@H]2C(=O)O[C@H](CCc2cc(F)c(OC)c(OC)c2)c2cccc(c2)OCC(=O)N1C. The first-order chi connectivity index (χ1) is 42.2. The van der Waals surface area contributed by atoms with Crippen molar-refractivity contribution in [3.05, 3.63) is 114 Å². The van der Waals surface area contributed by atoms with Gasteiger partial charge in [-0.05, 0) is 131 Å². The van der Waals surface area contributed by atoms with Gasteiger partial charge in [0.1, 0.15) is 42.6 Å². The molecule has 1 saturated heterocycles. The molecule has 0 unspecified atom stereocenters. The number of cyclic esters (lactones) is 2. The van der Waals surface area contributed by atoms with Crippen LogP contribution in [0.25, 0.3) is 10.8 Å². The van der Waals surface area contributed by atoms with Gasteiger partial charge < -0.3 is 58.7 Å². The van der Waals surface area contributed by atoms with Gasteiger partial charge in [0.2, 0.25) is 29.4 Å². The molecule has 6 amide bonds. The second kappa shape index (κ2) is 32.2. The molecule has 1 fully saturated rings. The molecule has 2 aliphatic rings. The number of carbonyl (C=O) groups excluding carboxylic acids is 9. The summed E-state index contributed by atoms with van der Waals surface area (Å²) in [6.45, 7) is 8.57. The van der Waals surface area contributed by atoms with Crippen molar-refractivity contribution in [3.8, 4) is 17.2 Å². The predicted octanol–water partition coefficient (Wildman–Crippen LogP) is 7.03. The lowest BCUT2D eigenvalue weighted by Crippen LogP contribution is -2.59. The number of amides is 6. The van der Waals surface area contributed by atoms with E-state index in [1.807, 2.05) is 49.4 Å². The fraction of sp³-hybridized carbons (Fsp3) is 0.507. The molecule has 5 atom stereocenters. The number of rotatable bonds is 12. The number of benzene rings is 4. The molecule has 6 rings (SSSR count). The zero-order valence-corrected chi connectivity index (χ0v) is 53.2. The van der Waals surface area contributed by atoms with E-state index < -0.39 is 120 Å². The number of likely N-dealkylation sites (N-methyl/N-ethyl adjacent to an activating group) is 3. The summed E-state index contributed by atoms with van der Waals surface area (Å²) in [6, 6.07) is 17.8. The van der Waals surface area contributed by atoms with Gasteiger partial charge >= 0.3 is 11.9 Å². The van der Waals surface area contributed by atoms with Crippen molar-refractivity contribution in [3.63, 3.8) is 0 Å². The lowest BCUT2D eigenvalue weighted by atomic mass is 9.87. The number of fused-ring (bicyclic) bond motifs is 4. The van der Waals surface area contributed by atoms with E-state index in [9.17, 15) is 38.4 Å². The molecule has 21 nitrogen and oxygen atoms in total. The quantitative estimate of drug-likeness (QED) is 0.107. The topological polar surface area (TPSA) is 246 Å². The Morgan fingerprint density at radius 1 is 0.764 bits per heavy atom. The van der Waals surface area contributed by atoms with Crippen LogP contribution in [0.1, 0.15) is 116 Å². The van der Waals surface area contributed by atoms with Gasteiger partial charge in [-0.2, -0.15) is 0 Å². The van der Waals surface area contributed by atoms with Crippen molar-refractivity contribution in [2.75, 3.05) is 74.8 Å². The van der Waals surface area contributed by atoms with E-state index in [2.05, 4.69) is 10.6 Å². The Morgan fingerprint density at radius 2 is 1.51 bits per heavy atom. The largest absolute Gasteiger partial charge is 0.493 e. The molecule has 22 heteroatoms. The number of methoxy groups -OCH3 is 2. The number of ether oxygens (including phenoxy) is 6. The first-order valence-electron chi connectivity index (χ1n) is 30.2. The van der Waals surface area contributed by atoms with Gasteiger partial charge in [0.15, 0.2) is 23.9 Å². The van der Waals surface area contributed by atoms with Crippen LogP contribution in [-0.2, 0) is 70.2 Å². The minimum atomic E-state index is -1.53. The van der Waals surface area contributed by atoms with E-state index in [1.54, 1.807) is 51.1 Å². The zero-order valence-electron chi connectivity index (χ0n) is 53.2. The number of Topliss-reactive ketones (excluding diaryl/α,β-unsaturated/α-hetero) is 1. The summed E-state index contributed by atoms with van der Waals surface area (Å²) < 4.78 is 49.9. The third kappa shape index (κ3) is 19.5. The minimum Gasteiger partial charge on any atom is -0.493 e. The molecule has 0 saturated carbocycles. The average molecular weight is 1240 g/mol. The van der Waals surface area contributed by atoms with Crippen LogP contribution >= 0.6 is 0 Å². The molecule has 2 N–H and O–H groups in total. The van der Waals surface area contributed by atoms with Crippen molar-refractivity contribution in [1.82, 2.24) is 30.2 Å². The summed E-state index contributed by atoms with van der Waals surface area (Å²) in [5.41, 5.74) is -0.714. The number of halogens is 1. The predicted molar refractivity (Wildman–Crippen MR) is 330 cm³/mol. The molecular formula is C67H87FN6O15. The lowest BCUT2D eigenvalue weighted by Gasteiger charge is -2.36. The second-order valence-corrected chi connectivity index (χ2v) is 24.2. The normalized spacial score (nSPS) is 21.8. The number of nitrogens with zero attached hydrogens (tertiary/aromatic N) is 4. The van der Waals surface area contributed by atoms with Crippen LogP contribution in [0, 0.1) is 11.2 Å². The van der Waals surface area contributed by atoms with Crippen LogP contribution in [-0.4, -0.2) is 177 Å². The number of ketones is 1. The molecule has 4 aromatic carbocycles. The number of nitrogens with one attached hydrogen (secondary N) is 2. The minimum absolute atomic E-state index is 0.0164. The molecule has 0 radical (unpaired) electrons. The number of esters is 2. The van der Waals surface area contributed by atoms with Crippen molar-refractivity contribution in [2.45, 2.75) is 142 Å². The number of carbonyl (C=O) groups is 9. The molecule has 0 aromatic heterocycles. The lowest BCUT2D eigenvalue weighted by molar-refractivity contribution is -0.165. The van der Waals surface area contributed by atoms with E-state index in [0.29, 0.717) is 42.4 Å². The van der Waals surface area contributed by atoms with E-state index >= 15 is 9.18 Å². The maximum absolute atomic E-state index is 15.3. The summed E-state index contributed by atoms with van der Waals surface area (Å²) in [5, 5.41) is 7.45. The number of hydrogen-bond donors (Lipinski definition) is 2. The fourth-order valence-corrected chi connectivity index (χ4v) is 10.4. The monoisotopic (exact) mass is 1230 g/mol. The number of aryl methyl sites for hydroxylation is 1. The first-order valence-corrected chi connectivity index (χ1v) is 30.2. The Morgan fingerprint density at radius 3 is 2.21 bits per heavy atom. The third-order valence-corrected chi connectivity index (χ3v) is 15.8. The van der Waals surface area contributed by atoms with Gasteiger partial charge in [-0.3, -0.25) is 33.6 Å². The maximum Gasteiger partial charge on any atom is 0.330 e. The van der Waals surface area contributed by atoms with Gasteiger partial charge in [-0.15, -0.1) is 0 Å². The molecule has 482 valence electrons. The molecule has 0 spiro atoms. The van der Waals surface area contributed by atoms with Crippen LogP contribution in [0.5, 0.6) is 17.2 Å². The Labute approximate surface area is 520 Å². The van der Waals surface area contributed by atoms with Gasteiger partial charge in [-0.25, -0.2) is 14.0 Å². The Balaban J connectivity index is 1.36. The number of hydrogen-bond acceptors (Lipinski definition) is 15. The van der Waals surface area contributed by atoms with Gasteiger partial charge in [0.05, 0.1) is 38.4 Å². The number of piperidine rings is 1. The van der Waals surface area contributed by atoms with E-state index in [4.69, 9.17) is 28.4 Å². The van der Waals surface area contributed by atoms with Crippen LogP contribution in [0.4, 0.5) is 4.39 Å². The molecule has 0 aliphatic carbocycles. The van der Waals surface area contributed by atoms with Crippen molar-refractivity contribution in [1.29, 1.82) is 0 Å². The van der Waals surface area contributed by atoms with Gasteiger partial charge in [0.25, 0.3) is 11.8 Å². The summed E-state index contributed by atoms with van der Waals surface area (Å²) in [4.78, 5) is 133. The van der Waals surface area contributed by atoms with Crippen molar-refractivity contribution in [2.24, 2.45) is 5.41 Å². The van der Waals surface area contributed by atoms with Crippen molar-refractivity contribution >= 4 is 63.9 Å². The highest BCUT2D eigenvalue weighted by Gasteiger charge is 2.43. The van der Waals surface area contributed by atoms with E-state index in [-0.39, 0.29) is 75.5 Å². The van der Waals surface area contributed by atoms with Crippen LogP contribution in [0.15, 0.2) is 91.0 Å². The van der Waals surface area contributed by atoms with Crippen LogP contribution in [0.3, 0.4) is 0 Å². The van der Waals surface area contributed by atoms with E-state index in [1.165, 1.54) is 81.0 Å². The molecular weight excluding hydrogens is 1150 g/mol. The second-order valence-electron chi connectivity index (χ2n) is 24.2. The molecule has 2 heterocycles. The molecule has 2 bridgehead atoms. The van der Waals surface area contributed by atoms with Gasteiger partial charge in [-0.1, -0.05) is 80.4 Å². The highest BCUT2D eigenvalue weighted by atomic mass is 19.1. The third-order valence-electron chi connectivity index (χ3n) is 15.8. The maximum atomic E-state index is 15.3. The Kier molecular flexibility index (Phi) is 25.2. The Hall–Kier alpha value is -8.40. The number of unbranched alkanes of at least 4 members (excludes halogenated alkanes) is 1.